The molecule has 0 atom stereocenters. The molecule has 0 spiro atoms. The van der Waals surface area contributed by atoms with E-state index in [0.29, 0.717) is 0 Å². The smallest absolute Gasteiger partial charge is 0.252 e. The Kier molecular flexibility index (Phi) is 8.77. The number of rotatable bonds is 6. The van der Waals surface area contributed by atoms with Gasteiger partial charge in [0.05, 0.1) is 11.4 Å². The Hall–Kier alpha value is -6.78. The van der Waals surface area contributed by atoms with Crippen molar-refractivity contribution in [3.63, 3.8) is 0 Å². The summed E-state index contributed by atoms with van der Waals surface area (Å²) in [6, 6.07) is 70.3. The fourth-order valence-corrected chi connectivity index (χ4v) is 10.2. The van der Waals surface area contributed by atoms with Crippen LogP contribution in [-0.2, 0) is 18.3 Å². The van der Waals surface area contributed by atoms with Crippen LogP contribution in [0.15, 0.2) is 188 Å². The average molecular weight is 774 g/mol. The van der Waals surface area contributed by atoms with E-state index in [-0.39, 0.29) is 12.1 Å². The van der Waals surface area contributed by atoms with Gasteiger partial charge >= 0.3 is 0 Å². The van der Waals surface area contributed by atoms with Crippen LogP contribution in [0, 0.1) is 0 Å². The van der Waals surface area contributed by atoms with Gasteiger partial charge in [-0.2, -0.15) is 0 Å². The lowest BCUT2D eigenvalue weighted by Gasteiger charge is -2.45. The fraction of sp³-hybridized carbons (Fsp3) is 0.143. The topological polar surface area (TPSA) is 9.72 Å². The molecule has 0 aromatic heterocycles. The number of hydrogen-bond acceptors (Lipinski definition) is 3. The molecule has 3 nitrogen and oxygen atoms in total. The van der Waals surface area contributed by atoms with E-state index in [1.54, 1.807) is 0 Å². The number of nitrogens with zero attached hydrogens (tertiary/aromatic N) is 3. The second-order valence-corrected chi connectivity index (χ2v) is 17.6. The van der Waals surface area contributed by atoms with Crippen molar-refractivity contribution in [2.24, 2.45) is 0 Å². The van der Waals surface area contributed by atoms with Gasteiger partial charge in [-0.3, -0.25) is 0 Å². The molecule has 4 heteroatoms. The zero-order valence-electron chi connectivity index (χ0n) is 34.6. The van der Waals surface area contributed by atoms with Gasteiger partial charge in [0.2, 0.25) is 0 Å². The minimum Gasteiger partial charge on any atom is -0.311 e. The number of fused-ring (bicyclic) bond motifs is 5. The first-order chi connectivity index (χ1) is 29.4. The molecule has 0 amide bonds. The van der Waals surface area contributed by atoms with Crippen molar-refractivity contribution in [2.45, 2.75) is 51.9 Å². The third-order valence-corrected chi connectivity index (χ3v) is 13.0. The van der Waals surface area contributed by atoms with Crippen LogP contribution in [-0.4, -0.2) is 6.71 Å². The molecule has 0 bridgehead atoms. The van der Waals surface area contributed by atoms with Crippen molar-refractivity contribution in [3.8, 4) is 11.1 Å². The maximum atomic E-state index is 2.56. The van der Waals surface area contributed by atoms with E-state index in [2.05, 4.69) is 224 Å². The number of hydrogen-bond donors (Lipinski definition) is 0. The Morgan fingerprint density at radius 1 is 0.483 bits per heavy atom. The first-order valence-corrected chi connectivity index (χ1v) is 21.6. The number of benzene rings is 8. The minimum atomic E-state index is 0.0303. The van der Waals surface area contributed by atoms with Gasteiger partial charge in [-0.15, -0.1) is 0 Å². The van der Waals surface area contributed by atoms with Crippen LogP contribution < -0.4 is 31.1 Å². The molecule has 290 valence electrons. The van der Waals surface area contributed by atoms with E-state index in [9.17, 15) is 0 Å². The summed E-state index contributed by atoms with van der Waals surface area (Å²) in [5, 5.41) is 0. The normalized spacial score (nSPS) is 13.9. The number of para-hydroxylation sites is 4. The molecule has 8 aromatic carbocycles. The van der Waals surface area contributed by atoms with Crippen molar-refractivity contribution in [3.05, 3.63) is 205 Å². The van der Waals surface area contributed by atoms with Crippen molar-refractivity contribution in [1.82, 2.24) is 0 Å². The highest BCUT2D eigenvalue weighted by atomic mass is 15.2. The predicted molar refractivity (Wildman–Crippen MR) is 256 cm³/mol. The first-order valence-electron chi connectivity index (χ1n) is 21.6. The molecular formula is C56H48BN3. The van der Waals surface area contributed by atoms with Gasteiger partial charge in [0.15, 0.2) is 0 Å². The molecule has 8 aromatic rings. The summed E-state index contributed by atoms with van der Waals surface area (Å²) in [5.74, 6) is 0. The van der Waals surface area contributed by atoms with Gasteiger partial charge in [-0.1, -0.05) is 142 Å². The van der Waals surface area contributed by atoms with Gasteiger partial charge in [0, 0.05) is 45.4 Å². The molecule has 0 fully saturated rings. The maximum absolute atomic E-state index is 2.56. The van der Waals surface area contributed by atoms with E-state index in [1.165, 1.54) is 85.5 Å². The lowest BCUT2D eigenvalue weighted by atomic mass is 9.33. The largest absolute Gasteiger partial charge is 0.311 e. The molecule has 3 aliphatic rings. The van der Waals surface area contributed by atoms with Crippen LogP contribution in [0.4, 0.5) is 51.2 Å². The molecule has 2 aliphatic heterocycles. The Morgan fingerprint density at radius 2 is 1.00 bits per heavy atom. The Balaban J connectivity index is 1.26. The van der Waals surface area contributed by atoms with Gasteiger partial charge in [0.25, 0.3) is 6.71 Å². The highest BCUT2D eigenvalue weighted by Gasteiger charge is 2.44. The quantitative estimate of drug-likeness (QED) is 0.156. The Morgan fingerprint density at radius 3 is 1.57 bits per heavy atom. The van der Waals surface area contributed by atoms with Crippen LogP contribution in [0.2, 0.25) is 0 Å². The van der Waals surface area contributed by atoms with Crippen molar-refractivity contribution in [1.29, 1.82) is 0 Å². The zero-order chi connectivity index (χ0) is 40.4. The van der Waals surface area contributed by atoms with Crippen molar-refractivity contribution < 1.29 is 0 Å². The molecular weight excluding hydrogens is 725 g/mol. The second-order valence-electron chi connectivity index (χ2n) is 17.6. The summed E-state index contributed by atoms with van der Waals surface area (Å²) in [6.45, 7) is 6.95. The van der Waals surface area contributed by atoms with Crippen LogP contribution in [0.1, 0.15) is 50.3 Å². The summed E-state index contributed by atoms with van der Waals surface area (Å²) in [5.41, 5.74) is 21.5. The molecule has 1 aliphatic carbocycles. The SMILES string of the molecule is CC(C)(C)c1ccc(N(c2cc3c4c(c2)N(c2ccccc2)c2ccccc2B4c2ccccc2N3c2ccccc2)c2ccc3c(c2-c2ccccc2)CCCC3)cc1. The molecule has 0 radical (unpaired) electrons. The van der Waals surface area contributed by atoms with E-state index < -0.39 is 0 Å². The lowest BCUT2D eigenvalue weighted by molar-refractivity contribution is 0.590. The third kappa shape index (κ3) is 5.96. The van der Waals surface area contributed by atoms with Gasteiger partial charge in [-0.05, 0) is 136 Å². The monoisotopic (exact) mass is 773 g/mol. The highest BCUT2D eigenvalue weighted by Crippen LogP contribution is 2.50. The van der Waals surface area contributed by atoms with Crippen molar-refractivity contribution in [2.75, 3.05) is 14.7 Å². The van der Waals surface area contributed by atoms with Crippen LogP contribution in [0.3, 0.4) is 0 Å². The number of aryl methyl sites for hydroxylation is 1. The van der Waals surface area contributed by atoms with Crippen LogP contribution in [0.25, 0.3) is 11.1 Å². The summed E-state index contributed by atoms with van der Waals surface area (Å²) in [6.07, 6.45) is 4.65. The first kappa shape index (κ1) is 36.3. The molecule has 0 N–H and O–H groups in total. The summed E-state index contributed by atoms with van der Waals surface area (Å²) in [7, 11) is 0. The van der Waals surface area contributed by atoms with E-state index in [4.69, 9.17) is 0 Å². The molecule has 60 heavy (non-hydrogen) atoms. The zero-order valence-corrected chi connectivity index (χ0v) is 34.6. The molecule has 0 saturated carbocycles. The molecule has 0 unspecified atom stereocenters. The molecule has 2 heterocycles. The van der Waals surface area contributed by atoms with Crippen molar-refractivity contribution >= 4 is 74.3 Å². The maximum Gasteiger partial charge on any atom is 0.252 e. The highest BCUT2D eigenvalue weighted by molar-refractivity contribution is 7.00. The van der Waals surface area contributed by atoms with Crippen LogP contribution >= 0.6 is 0 Å². The van der Waals surface area contributed by atoms with Crippen LogP contribution in [0.5, 0.6) is 0 Å². The summed E-state index contributed by atoms with van der Waals surface area (Å²) >= 11 is 0. The predicted octanol–water partition coefficient (Wildman–Crippen LogP) is 13.1. The third-order valence-electron chi connectivity index (χ3n) is 13.0. The van der Waals surface area contributed by atoms with Gasteiger partial charge in [0.1, 0.15) is 0 Å². The van der Waals surface area contributed by atoms with E-state index in [1.807, 2.05) is 0 Å². The fourth-order valence-electron chi connectivity index (χ4n) is 10.2. The summed E-state index contributed by atoms with van der Waals surface area (Å²) in [4.78, 5) is 7.58. The Bertz CT molecular complexity index is 2750. The van der Waals surface area contributed by atoms with Gasteiger partial charge in [-0.25, -0.2) is 0 Å². The summed E-state index contributed by atoms with van der Waals surface area (Å²) < 4.78 is 0. The van der Waals surface area contributed by atoms with Gasteiger partial charge < -0.3 is 14.7 Å². The lowest BCUT2D eigenvalue weighted by Crippen LogP contribution is -2.61. The standard InChI is InChI=1S/C56H48BN3/c1-56(2,3)41-32-34-44(35-33-41)58(51-36-31-39-19-13-14-26-46(39)54(51)40-20-7-4-8-21-40)45-37-52-55-53(38-45)60(43-24-11-6-12-25-43)50-30-18-16-28-48(50)57(55)47-27-15-17-29-49(47)59(52)42-22-9-5-10-23-42/h4-12,15-18,20-25,27-38H,13-14,19,26H2,1-3H3. The molecule has 0 saturated heterocycles. The average Bonchev–Trinajstić information content (AvgIpc) is 3.29. The van der Waals surface area contributed by atoms with E-state index in [0.717, 1.165) is 35.6 Å². The number of anilines is 9. The minimum absolute atomic E-state index is 0.0303. The Labute approximate surface area is 355 Å². The molecule has 11 rings (SSSR count). The second kappa shape index (κ2) is 14.5. The van der Waals surface area contributed by atoms with E-state index >= 15 is 0 Å².